The summed E-state index contributed by atoms with van der Waals surface area (Å²) in [5, 5.41) is 18.2. The highest BCUT2D eigenvalue weighted by Gasteiger charge is 2.22. The maximum absolute atomic E-state index is 2.47. The maximum Gasteiger partial charge on any atom is 0.0626 e. The summed E-state index contributed by atoms with van der Waals surface area (Å²) in [6, 6.07) is 60.8. The van der Waals surface area contributed by atoms with Crippen molar-refractivity contribution in [2.75, 3.05) is 0 Å². The van der Waals surface area contributed by atoms with E-state index in [-0.39, 0.29) is 0 Å². The molecule has 0 spiro atoms. The molecule has 1 nitrogen and oxygen atoms in total. The molecule has 216 valence electrons. The van der Waals surface area contributed by atoms with Gasteiger partial charge in [0.25, 0.3) is 0 Å². The number of hydrogen-bond donors (Lipinski definition) is 0. The van der Waals surface area contributed by atoms with Gasteiger partial charge in [-0.2, -0.15) is 0 Å². The number of benzene rings is 10. The van der Waals surface area contributed by atoms with Gasteiger partial charge < -0.3 is 4.57 Å². The Balaban J connectivity index is 1.34. The summed E-state index contributed by atoms with van der Waals surface area (Å²) in [6.45, 7) is 0. The van der Waals surface area contributed by atoms with Gasteiger partial charge in [0.2, 0.25) is 0 Å². The fourth-order valence-electron chi connectivity index (χ4n) is 8.52. The number of nitrogens with zero attached hydrogens (tertiary/aromatic N) is 1. The normalized spacial score (nSPS) is 12.3. The zero-order valence-corrected chi connectivity index (χ0v) is 25.5. The van der Waals surface area contributed by atoms with E-state index in [0.717, 1.165) is 0 Å². The van der Waals surface area contributed by atoms with E-state index in [1.807, 2.05) is 0 Å². The molecule has 47 heavy (non-hydrogen) atoms. The molecule has 0 fully saturated rings. The topological polar surface area (TPSA) is 4.93 Å². The predicted octanol–water partition coefficient (Wildman–Crippen LogP) is 12.8. The molecule has 1 heterocycles. The minimum absolute atomic E-state index is 1.18. The smallest absolute Gasteiger partial charge is 0.0626 e. The van der Waals surface area contributed by atoms with E-state index in [4.69, 9.17) is 0 Å². The molecule has 0 bridgehead atoms. The van der Waals surface area contributed by atoms with Crippen LogP contribution in [-0.4, -0.2) is 4.57 Å². The Labute approximate surface area is 270 Å². The molecule has 0 saturated heterocycles. The van der Waals surface area contributed by atoms with E-state index < -0.39 is 0 Å². The maximum atomic E-state index is 2.47. The van der Waals surface area contributed by atoms with E-state index in [1.54, 1.807) is 0 Å². The van der Waals surface area contributed by atoms with Crippen LogP contribution in [0.25, 0.3) is 103 Å². The Hall–Kier alpha value is -6.18. The van der Waals surface area contributed by atoms with E-state index in [2.05, 4.69) is 168 Å². The largest absolute Gasteiger partial charge is 0.309 e. The van der Waals surface area contributed by atoms with Gasteiger partial charge >= 0.3 is 0 Å². The lowest BCUT2D eigenvalue weighted by Gasteiger charge is -2.17. The zero-order chi connectivity index (χ0) is 30.6. The van der Waals surface area contributed by atoms with Crippen molar-refractivity contribution in [1.82, 2.24) is 4.57 Å². The Morgan fingerprint density at radius 2 is 0.894 bits per heavy atom. The fourth-order valence-corrected chi connectivity index (χ4v) is 8.52. The van der Waals surface area contributed by atoms with Gasteiger partial charge in [0.1, 0.15) is 0 Å². The van der Waals surface area contributed by atoms with Crippen molar-refractivity contribution in [1.29, 1.82) is 0 Å². The van der Waals surface area contributed by atoms with Crippen LogP contribution in [0, 0.1) is 0 Å². The van der Waals surface area contributed by atoms with Crippen molar-refractivity contribution < 1.29 is 0 Å². The van der Waals surface area contributed by atoms with Crippen molar-refractivity contribution in [2.45, 2.75) is 0 Å². The summed E-state index contributed by atoms with van der Waals surface area (Å²) in [7, 11) is 0. The first-order chi connectivity index (χ1) is 23.3. The van der Waals surface area contributed by atoms with Gasteiger partial charge in [0.05, 0.1) is 11.0 Å². The molecule has 1 aromatic heterocycles. The molecule has 11 rings (SSSR count). The first-order valence-electron chi connectivity index (χ1n) is 16.4. The number of aromatic nitrogens is 1. The first-order valence-corrected chi connectivity index (χ1v) is 16.4. The van der Waals surface area contributed by atoms with Gasteiger partial charge in [0, 0.05) is 27.2 Å². The molecule has 0 saturated carbocycles. The van der Waals surface area contributed by atoms with Crippen LogP contribution in [0.5, 0.6) is 0 Å². The summed E-state index contributed by atoms with van der Waals surface area (Å²) in [5.74, 6) is 0. The van der Waals surface area contributed by atoms with Gasteiger partial charge in [-0.15, -0.1) is 0 Å². The van der Waals surface area contributed by atoms with Crippen LogP contribution in [0.3, 0.4) is 0 Å². The number of rotatable bonds is 2. The van der Waals surface area contributed by atoms with Crippen molar-refractivity contribution in [3.8, 4) is 16.8 Å². The van der Waals surface area contributed by atoms with Crippen LogP contribution >= 0.6 is 0 Å². The van der Waals surface area contributed by atoms with Gasteiger partial charge in [-0.1, -0.05) is 127 Å². The van der Waals surface area contributed by atoms with Crippen LogP contribution < -0.4 is 0 Å². The van der Waals surface area contributed by atoms with Gasteiger partial charge in [0.15, 0.2) is 0 Å². The molecule has 0 aliphatic heterocycles. The molecular formula is C46H27N. The molecule has 0 unspecified atom stereocenters. The Kier molecular flexibility index (Phi) is 4.90. The third-order valence-electron chi connectivity index (χ3n) is 10.4. The summed E-state index contributed by atoms with van der Waals surface area (Å²) in [6.07, 6.45) is 0. The summed E-state index contributed by atoms with van der Waals surface area (Å²) < 4.78 is 2.47. The predicted molar refractivity (Wildman–Crippen MR) is 202 cm³/mol. The summed E-state index contributed by atoms with van der Waals surface area (Å²) in [4.78, 5) is 0. The van der Waals surface area contributed by atoms with Crippen LogP contribution in [-0.2, 0) is 0 Å². The third-order valence-corrected chi connectivity index (χ3v) is 10.4. The lowest BCUT2D eigenvalue weighted by atomic mass is 9.86. The molecule has 1 heteroatoms. The van der Waals surface area contributed by atoms with Crippen LogP contribution in [0.4, 0.5) is 0 Å². The van der Waals surface area contributed by atoms with Gasteiger partial charge in [-0.3, -0.25) is 0 Å². The molecule has 0 N–H and O–H groups in total. The van der Waals surface area contributed by atoms with E-state index in [9.17, 15) is 0 Å². The monoisotopic (exact) mass is 593 g/mol. The van der Waals surface area contributed by atoms with Crippen molar-refractivity contribution in [3.63, 3.8) is 0 Å². The average molecular weight is 594 g/mol. The molecule has 11 aromatic rings. The van der Waals surface area contributed by atoms with Gasteiger partial charge in [-0.05, 0) is 101 Å². The molecular weight excluding hydrogens is 567 g/mol. The third kappa shape index (κ3) is 3.33. The molecule has 0 radical (unpaired) electrons. The van der Waals surface area contributed by atoms with E-state index >= 15 is 0 Å². The quantitative estimate of drug-likeness (QED) is 0.176. The standard InChI is InChI=1S/C46H27N/c1-2-13-33(14-3-1)47-41-20-9-8-19-38(41)45-44-36-17-6-4-15-34(36)39(27-40(44)35-16-5-7-18-37(35)46(45)47)32-25-30-23-21-28-11-10-12-29-22-24-31(26-32)43(30)42(28)29/h1-27H. The number of para-hydroxylation sites is 2. The number of hydrogen-bond acceptors (Lipinski definition) is 0. The lowest BCUT2D eigenvalue weighted by Crippen LogP contribution is -1.95. The van der Waals surface area contributed by atoms with Crippen molar-refractivity contribution in [3.05, 3.63) is 164 Å². The highest BCUT2D eigenvalue weighted by molar-refractivity contribution is 6.38. The Morgan fingerprint density at radius 1 is 0.319 bits per heavy atom. The molecule has 10 aromatic carbocycles. The minimum Gasteiger partial charge on any atom is -0.309 e. The van der Waals surface area contributed by atoms with E-state index in [1.165, 1.54) is 103 Å². The second kappa shape index (κ2) is 9.19. The summed E-state index contributed by atoms with van der Waals surface area (Å²) in [5.41, 5.74) is 6.20. The Bertz CT molecular complexity index is 2990. The van der Waals surface area contributed by atoms with Gasteiger partial charge in [-0.25, -0.2) is 0 Å². The molecule has 0 atom stereocenters. The summed E-state index contributed by atoms with van der Waals surface area (Å²) >= 11 is 0. The van der Waals surface area contributed by atoms with Crippen LogP contribution in [0.15, 0.2) is 164 Å². The van der Waals surface area contributed by atoms with Crippen molar-refractivity contribution >= 4 is 86.4 Å². The first kappa shape index (κ1) is 25.1. The van der Waals surface area contributed by atoms with Crippen LogP contribution in [0.2, 0.25) is 0 Å². The van der Waals surface area contributed by atoms with E-state index in [0.29, 0.717) is 0 Å². The molecule has 0 aliphatic carbocycles. The zero-order valence-electron chi connectivity index (χ0n) is 25.5. The lowest BCUT2D eigenvalue weighted by molar-refractivity contribution is 1.19. The second-order valence-corrected chi connectivity index (χ2v) is 12.9. The fraction of sp³-hybridized carbons (Fsp3) is 0. The van der Waals surface area contributed by atoms with Crippen LogP contribution in [0.1, 0.15) is 0 Å². The minimum atomic E-state index is 1.18. The molecule has 0 amide bonds. The SMILES string of the molecule is c1ccc(-n2c3ccccc3c3c4c5ccccc5c(-c5cc6ccc7cccc8ccc(c5)c6c78)cc4c4ccccc4c32)cc1. The molecule has 0 aliphatic rings. The highest BCUT2D eigenvalue weighted by Crippen LogP contribution is 2.47. The number of fused-ring (bicyclic) bond motifs is 10. The second-order valence-electron chi connectivity index (χ2n) is 12.9. The van der Waals surface area contributed by atoms with Crippen molar-refractivity contribution in [2.24, 2.45) is 0 Å². The highest BCUT2D eigenvalue weighted by atomic mass is 15.0. The Morgan fingerprint density at radius 3 is 1.64 bits per heavy atom. The average Bonchev–Trinajstić information content (AvgIpc) is 3.49.